The molecule has 4 nitrogen and oxygen atoms in total. The fourth-order valence-corrected chi connectivity index (χ4v) is 5.70. The molecule has 29 heavy (non-hydrogen) atoms. The molecule has 158 valence electrons. The maximum absolute atomic E-state index is 10.7. The molecule has 0 saturated heterocycles. The molecule has 0 aliphatic heterocycles. The van der Waals surface area contributed by atoms with Crippen LogP contribution in [0, 0.1) is 11.8 Å². The number of carbonyl (C=O) groups is 1. The number of benzene rings is 1. The second-order valence-electron chi connectivity index (χ2n) is 8.33. The normalized spacial score (nSPS) is 23.0. The van der Waals surface area contributed by atoms with Crippen LogP contribution in [0.15, 0.2) is 42.5 Å². The molecule has 1 fully saturated rings. The molecular formula is C24H32O4S. The van der Waals surface area contributed by atoms with Crippen LogP contribution in [-0.2, 0) is 4.79 Å². The van der Waals surface area contributed by atoms with E-state index in [1.54, 1.807) is 11.3 Å². The van der Waals surface area contributed by atoms with Gasteiger partial charge >= 0.3 is 5.97 Å². The van der Waals surface area contributed by atoms with Crippen molar-refractivity contribution in [3.63, 3.8) is 0 Å². The lowest BCUT2D eigenvalue weighted by Crippen LogP contribution is -2.20. The van der Waals surface area contributed by atoms with E-state index in [-0.39, 0.29) is 24.4 Å². The SMILES string of the molecule is C=C1C[C@H](O)[C@H](CCCCCCC(=O)O)[C@H]1CC[C@@H](O)c1cc2ccccc2s1. The quantitative estimate of drug-likeness (QED) is 0.325. The highest BCUT2D eigenvalue weighted by Crippen LogP contribution is 2.43. The van der Waals surface area contributed by atoms with Gasteiger partial charge in [-0.3, -0.25) is 4.79 Å². The largest absolute Gasteiger partial charge is 0.481 e. The Morgan fingerprint density at radius 1 is 1.17 bits per heavy atom. The average Bonchev–Trinajstić information content (AvgIpc) is 3.23. The zero-order valence-corrected chi connectivity index (χ0v) is 17.7. The fraction of sp³-hybridized carbons (Fsp3) is 0.542. The second kappa shape index (κ2) is 10.4. The van der Waals surface area contributed by atoms with Gasteiger partial charge in [0.2, 0.25) is 0 Å². The summed E-state index contributed by atoms with van der Waals surface area (Å²) in [6.07, 6.45) is 6.19. The Morgan fingerprint density at radius 2 is 1.93 bits per heavy atom. The monoisotopic (exact) mass is 416 g/mol. The van der Waals surface area contributed by atoms with Crippen molar-refractivity contribution in [2.45, 2.75) is 70.0 Å². The predicted molar refractivity (Wildman–Crippen MR) is 118 cm³/mol. The van der Waals surface area contributed by atoms with E-state index in [0.29, 0.717) is 12.8 Å². The summed E-state index contributed by atoms with van der Waals surface area (Å²) in [6, 6.07) is 10.3. The van der Waals surface area contributed by atoms with Crippen LogP contribution in [-0.4, -0.2) is 27.4 Å². The van der Waals surface area contributed by atoms with Crippen LogP contribution in [0.25, 0.3) is 10.1 Å². The molecule has 3 rings (SSSR count). The molecule has 1 saturated carbocycles. The summed E-state index contributed by atoms with van der Waals surface area (Å²) < 4.78 is 1.20. The van der Waals surface area contributed by atoms with E-state index in [1.807, 2.05) is 12.1 Å². The smallest absolute Gasteiger partial charge is 0.303 e. The minimum absolute atomic E-state index is 0.205. The number of aliphatic hydroxyl groups excluding tert-OH is 2. The number of rotatable bonds is 11. The molecule has 0 amide bonds. The first-order valence-electron chi connectivity index (χ1n) is 10.7. The van der Waals surface area contributed by atoms with Crippen molar-refractivity contribution in [2.75, 3.05) is 0 Å². The van der Waals surface area contributed by atoms with E-state index in [1.165, 1.54) is 10.1 Å². The Balaban J connectivity index is 1.49. The summed E-state index contributed by atoms with van der Waals surface area (Å²) in [4.78, 5) is 11.6. The van der Waals surface area contributed by atoms with Gasteiger partial charge in [0.1, 0.15) is 0 Å². The minimum atomic E-state index is -0.732. The van der Waals surface area contributed by atoms with E-state index in [4.69, 9.17) is 5.11 Å². The minimum Gasteiger partial charge on any atom is -0.481 e. The van der Waals surface area contributed by atoms with Crippen LogP contribution in [0.5, 0.6) is 0 Å². The van der Waals surface area contributed by atoms with Crippen LogP contribution in [0.2, 0.25) is 0 Å². The highest BCUT2D eigenvalue weighted by molar-refractivity contribution is 7.19. The van der Waals surface area contributed by atoms with Crippen molar-refractivity contribution in [3.8, 4) is 0 Å². The van der Waals surface area contributed by atoms with Gasteiger partial charge in [0.25, 0.3) is 0 Å². The van der Waals surface area contributed by atoms with Gasteiger partial charge in [0.05, 0.1) is 12.2 Å². The van der Waals surface area contributed by atoms with Crippen LogP contribution < -0.4 is 0 Å². The van der Waals surface area contributed by atoms with Gasteiger partial charge in [-0.15, -0.1) is 11.3 Å². The number of hydrogen-bond acceptors (Lipinski definition) is 4. The first-order chi connectivity index (χ1) is 14.0. The topological polar surface area (TPSA) is 77.8 Å². The number of hydrogen-bond donors (Lipinski definition) is 3. The number of carboxylic acid groups (broad SMARTS) is 1. The van der Waals surface area contributed by atoms with Crippen LogP contribution in [0.1, 0.15) is 68.8 Å². The predicted octanol–water partition coefficient (Wildman–Crippen LogP) is 5.69. The molecule has 1 heterocycles. The summed E-state index contributed by atoms with van der Waals surface area (Å²) in [7, 11) is 0. The maximum atomic E-state index is 10.7. The number of fused-ring (bicyclic) bond motifs is 1. The Morgan fingerprint density at radius 3 is 2.69 bits per heavy atom. The number of aliphatic hydroxyl groups is 2. The Bertz CT molecular complexity index is 794. The lowest BCUT2D eigenvalue weighted by molar-refractivity contribution is -0.137. The maximum Gasteiger partial charge on any atom is 0.303 e. The molecule has 0 spiro atoms. The lowest BCUT2D eigenvalue weighted by Gasteiger charge is -2.23. The second-order valence-corrected chi connectivity index (χ2v) is 9.44. The van der Waals surface area contributed by atoms with Gasteiger partial charge in [-0.2, -0.15) is 0 Å². The molecule has 1 aromatic heterocycles. The van der Waals surface area contributed by atoms with E-state index in [0.717, 1.165) is 49.0 Å². The van der Waals surface area contributed by atoms with Crippen molar-refractivity contribution in [1.29, 1.82) is 0 Å². The van der Waals surface area contributed by atoms with E-state index >= 15 is 0 Å². The number of thiophene rings is 1. The molecule has 5 heteroatoms. The summed E-state index contributed by atoms with van der Waals surface area (Å²) >= 11 is 1.65. The summed E-state index contributed by atoms with van der Waals surface area (Å²) in [5.74, 6) is -0.269. The third-order valence-electron chi connectivity index (χ3n) is 6.21. The van der Waals surface area contributed by atoms with Gasteiger partial charge in [0, 0.05) is 16.0 Å². The van der Waals surface area contributed by atoms with Crippen LogP contribution in [0.4, 0.5) is 0 Å². The lowest BCUT2D eigenvalue weighted by atomic mass is 9.84. The number of carboxylic acids is 1. The Labute approximate surface area is 176 Å². The van der Waals surface area contributed by atoms with Crippen molar-refractivity contribution >= 4 is 27.4 Å². The third kappa shape index (κ3) is 5.91. The van der Waals surface area contributed by atoms with Crippen molar-refractivity contribution in [3.05, 3.63) is 47.4 Å². The summed E-state index contributed by atoms with van der Waals surface area (Å²) in [5.41, 5.74) is 1.11. The Kier molecular flexibility index (Phi) is 7.87. The van der Waals surface area contributed by atoms with Gasteiger partial charge in [-0.1, -0.05) is 49.6 Å². The van der Waals surface area contributed by atoms with Crippen molar-refractivity contribution in [2.24, 2.45) is 11.8 Å². The molecule has 4 atom stereocenters. The molecule has 2 aromatic rings. The van der Waals surface area contributed by atoms with Gasteiger partial charge < -0.3 is 15.3 Å². The van der Waals surface area contributed by atoms with E-state index < -0.39 is 12.1 Å². The molecule has 0 unspecified atom stereocenters. The summed E-state index contributed by atoms with van der Waals surface area (Å²) in [5, 5.41) is 31.1. The van der Waals surface area contributed by atoms with Crippen LogP contribution >= 0.6 is 11.3 Å². The average molecular weight is 417 g/mol. The highest BCUT2D eigenvalue weighted by Gasteiger charge is 2.37. The first-order valence-corrected chi connectivity index (χ1v) is 11.5. The Hall–Kier alpha value is -1.69. The fourth-order valence-electron chi connectivity index (χ4n) is 4.61. The summed E-state index contributed by atoms with van der Waals surface area (Å²) in [6.45, 7) is 4.19. The molecule has 1 aromatic carbocycles. The van der Waals surface area contributed by atoms with E-state index in [2.05, 4.69) is 24.8 Å². The molecule has 1 aliphatic rings. The van der Waals surface area contributed by atoms with E-state index in [9.17, 15) is 15.0 Å². The number of aliphatic carboxylic acids is 1. The molecular weight excluding hydrogens is 384 g/mol. The molecule has 1 aliphatic carbocycles. The zero-order chi connectivity index (χ0) is 20.8. The zero-order valence-electron chi connectivity index (χ0n) is 16.9. The number of unbranched alkanes of at least 4 members (excludes halogenated alkanes) is 3. The molecule has 0 bridgehead atoms. The van der Waals surface area contributed by atoms with Gasteiger partial charge in [-0.05, 0) is 61.5 Å². The molecule has 0 radical (unpaired) electrons. The van der Waals surface area contributed by atoms with Crippen LogP contribution in [0.3, 0.4) is 0 Å². The van der Waals surface area contributed by atoms with Crippen molar-refractivity contribution < 1.29 is 20.1 Å². The van der Waals surface area contributed by atoms with Gasteiger partial charge in [0.15, 0.2) is 0 Å². The molecule has 3 N–H and O–H groups in total. The van der Waals surface area contributed by atoms with Crippen molar-refractivity contribution in [1.82, 2.24) is 0 Å². The van der Waals surface area contributed by atoms with Gasteiger partial charge in [-0.25, -0.2) is 0 Å². The first kappa shape index (κ1) is 22.0. The third-order valence-corrected chi connectivity index (χ3v) is 7.43. The highest BCUT2D eigenvalue weighted by atomic mass is 32.1. The standard InChI is InChI=1S/C24H32O4S/c1-16-14-21(26)19(9-4-2-3-5-11-24(27)28)18(16)12-13-20(25)23-15-17-8-6-7-10-22(17)29-23/h6-8,10,15,18-21,25-26H,1-5,9,11-14H2,(H,27,28)/t18-,19+,20+,21-/m0/s1.